The van der Waals surface area contributed by atoms with Gasteiger partial charge in [-0.15, -0.1) is 6.58 Å². The fourth-order valence-corrected chi connectivity index (χ4v) is 2.79. The molecule has 0 aliphatic carbocycles. The topological polar surface area (TPSA) is 9.23 Å². The first-order chi connectivity index (χ1) is 8.85. The van der Waals surface area contributed by atoms with E-state index in [4.69, 9.17) is 4.43 Å². The summed E-state index contributed by atoms with van der Waals surface area (Å²) in [4.78, 5) is 0. The fourth-order valence-electron chi connectivity index (χ4n) is 1.81. The lowest BCUT2D eigenvalue weighted by atomic mass is 10.1. The highest BCUT2D eigenvalue weighted by Gasteiger charge is 2.11. The molecule has 0 saturated carbocycles. The molecule has 0 atom stereocenters. The van der Waals surface area contributed by atoms with Crippen molar-refractivity contribution in [2.75, 3.05) is 0 Å². The lowest BCUT2D eigenvalue weighted by molar-refractivity contribution is 0.581. The van der Waals surface area contributed by atoms with Crippen LogP contribution >= 0.6 is 0 Å². The van der Waals surface area contributed by atoms with E-state index in [1.807, 2.05) is 42.1 Å². The summed E-state index contributed by atoms with van der Waals surface area (Å²) in [6, 6.07) is 19.5. The van der Waals surface area contributed by atoms with Crippen LogP contribution in [0.1, 0.15) is 6.92 Å². The van der Waals surface area contributed by atoms with Crippen molar-refractivity contribution in [2.45, 2.75) is 13.0 Å². The van der Waals surface area contributed by atoms with Crippen molar-refractivity contribution in [3.05, 3.63) is 66.9 Å². The Labute approximate surface area is 110 Å². The highest BCUT2D eigenvalue weighted by molar-refractivity contribution is 6.58. The largest absolute Gasteiger partial charge is 0.537 e. The van der Waals surface area contributed by atoms with Gasteiger partial charge in [-0.05, 0) is 17.7 Å². The van der Waals surface area contributed by atoms with Crippen LogP contribution in [0.2, 0.25) is 6.04 Å². The van der Waals surface area contributed by atoms with Gasteiger partial charge >= 0.3 is 9.04 Å². The van der Waals surface area contributed by atoms with Gasteiger partial charge in [-0.25, -0.2) is 0 Å². The maximum atomic E-state index is 6.08. The number of para-hydroxylation sites is 1. The Hall–Kier alpha value is -1.80. The van der Waals surface area contributed by atoms with Gasteiger partial charge < -0.3 is 4.43 Å². The van der Waals surface area contributed by atoms with Gasteiger partial charge in [-0.1, -0.05) is 61.2 Å². The van der Waals surface area contributed by atoms with Crippen LogP contribution in [0.3, 0.4) is 0 Å². The van der Waals surface area contributed by atoms with Crippen molar-refractivity contribution in [3.63, 3.8) is 0 Å². The smallest absolute Gasteiger partial charge is 0.308 e. The van der Waals surface area contributed by atoms with Crippen LogP contribution in [-0.4, -0.2) is 9.04 Å². The Morgan fingerprint density at radius 3 is 2.39 bits per heavy atom. The Bertz CT molecular complexity index is 508. The van der Waals surface area contributed by atoms with Crippen molar-refractivity contribution < 1.29 is 4.43 Å². The van der Waals surface area contributed by atoms with Gasteiger partial charge in [0, 0.05) is 5.56 Å². The van der Waals surface area contributed by atoms with E-state index in [1.54, 1.807) is 0 Å². The summed E-state index contributed by atoms with van der Waals surface area (Å²) >= 11 is 0. The molecule has 2 aromatic rings. The van der Waals surface area contributed by atoms with Gasteiger partial charge in [-0.3, -0.25) is 0 Å². The Balaban J connectivity index is 2.34. The SMILES string of the molecule is C=C[Si](CC)Oc1ccccc1-c1ccccc1. The monoisotopic (exact) mass is 253 g/mol. The maximum absolute atomic E-state index is 6.08. The van der Waals surface area contributed by atoms with Gasteiger partial charge in [-0.2, -0.15) is 0 Å². The summed E-state index contributed by atoms with van der Waals surface area (Å²) in [5, 5.41) is 0. The molecule has 91 valence electrons. The maximum Gasteiger partial charge on any atom is 0.308 e. The molecule has 1 nitrogen and oxygen atoms in total. The highest BCUT2D eigenvalue weighted by atomic mass is 28.3. The third-order valence-corrected chi connectivity index (χ3v) is 4.42. The van der Waals surface area contributed by atoms with Crippen molar-refractivity contribution >= 4 is 9.04 Å². The molecule has 0 heterocycles. The van der Waals surface area contributed by atoms with Gasteiger partial charge in [0.1, 0.15) is 5.75 Å². The van der Waals surface area contributed by atoms with E-state index in [-0.39, 0.29) is 0 Å². The molecule has 0 saturated heterocycles. The minimum absolute atomic E-state index is 0.941. The lowest BCUT2D eigenvalue weighted by Gasteiger charge is -2.15. The average molecular weight is 253 g/mol. The third-order valence-electron chi connectivity index (χ3n) is 2.79. The molecule has 0 bridgehead atoms. The molecule has 2 heteroatoms. The van der Waals surface area contributed by atoms with Crippen LogP contribution in [-0.2, 0) is 0 Å². The summed E-state index contributed by atoms with van der Waals surface area (Å²) in [6.45, 7) is 5.99. The predicted molar refractivity (Wildman–Crippen MR) is 78.9 cm³/mol. The van der Waals surface area contributed by atoms with E-state index in [1.165, 1.54) is 5.56 Å². The van der Waals surface area contributed by atoms with Gasteiger partial charge in [0.05, 0.1) is 0 Å². The molecule has 2 aromatic carbocycles. The molecule has 2 rings (SSSR count). The molecule has 0 spiro atoms. The first-order valence-electron chi connectivity index (χ1n) is 6.15. The van der Waals surface area contributed by atoms with Gasteiger partial charge in [0.25, 0.3) is 0 Å². The third kappa shape index (κ3) is 2.90. The Kier molecular flexibility index (Phi) is 4.37. The number of rotatable bonds is 5. The summed E-state index contributed by atoms with van der Waals surface area (Å²) in [5.41, 5.74) is 4.29. The summed E-state index contributed by atoms with van der Waals surface area (Å²) in [5.74, 6) is 0.958. The molecule has 0 aromatic heterocycles. The normalized spacial score (nSPS) is 10.3. The van der Waals surface area contributed by atoms with E-state index in [0.717, 1.165) is 17.4 Å². The predicted octanol–water partition coefficient (Wildman–Crippen LogP) is 4.47. The van der Waals surface area contributed by atoms with E-state index < -0.39 is 9.04 Å². The lowest BCUT2D eigenvalue weighted by Crippen LogP contribution is -2.17. The van der Waals surface area contributed by atoms with Gasteiger partial charge in [0.2, 0.25) is 0 Å². The van der Waals surface area contributed by atoms with Gasteiger partial charge in [0.15, 0.2) is 0 Å². The minimum Gasteiger partial charge on any atom is -0.537 e. The molecule has 0 N–H and O–H groups in total. The zero-order valence-electron chi connectivity index (χ0n) is 10.6. The quantitative estimate of drug-likeness (QED) is 0.714. The second-order valence-corrected chi connectivity index (χ2v) is 6.24. The number of benzene rings is 2. The molecule has 1 radical (unpaired) electrons. The average Bonchev–Trinajstić information content (AvgIpc) is 2.46. The van der Waals surface area contributed by atoms with Crippen LogP contribution < -0.4 is 4.43 Å². The molecule has 0 fully saturated rings. The molecule has 0 unspecified atom stereocenters. The van der Waals surface area contributed by atoms with E-state index >= 15 is 0 Å². The van der Waals surface area contributed by atoms with Crippen LogP contribution in [0.15, 0.2) is 66.9 Å². The molecule has 0 aliphatic rings. The van der Waals surface area contributed by atoms with Crippen LogP contribution in [0.5, 0.6) is 5.75 Å². The molecular formula is C16H17OSi. The molecule has 0 amide bonds. The van der Waals surface area contributed by atoms with Crippen LogP contribution in [0.4, 0.5) is 0 Å². The molecule has 0 aliphatic heterocycles. The second kappa shape index (κ2) is 6.22. The van der Waals surface area contributed by atoms with Crippen molar-refractivity contribution in [2.24, 2.45) is 0 Å². The van der Waals surface area contributed by atoms with E-state index in [0.29, 0.717) is 0 Å². The summed E-state index contributed by atoms with van der Waals surface area (Å²) < 4.78 is 6.08. The summed E-state index contributed by atoms with van der Waals surface area (Å²) in [6.07, 6.45) is 0. The number of hydrogen-bond donors (Lipinski definition) is 0. The minimum atomic E-state index is -0.941. The summed E-state index contributed by atoms with van der Waals surface area (Å²) in [7, 11) is -0.941. The van der Waals surface area contributed by atoms with E-state index in [2.05, 4.69) is 31.7 Å². The highest BCUT2D eigenvalue weighted by Crippen LogP contribution is 2.30. The zero-order valence-corrected chi connectivity index (χ0v) is 11.6. The molecular weight excluding hydrogens is 236 g/mol. The fraction of sp³-hybridized carbons (Fsp3) is 0.125. The van der Waals surface area contributed by atoms with E-state index in [9.17, 15) is 0 Å². The Morgan fingerprint density at radius 2 is 1.72 bits per heavy atom. The van der Waals surface area contributed by atoms with Crippen molar-refractivity contribution in [1.29, 1.82) is 0 Å². The molecule has 18 heavy (non-hydrogen) atoms. The number of hydrogen-bond acceptors (Lipinski definition) is 1. The first kappa shape index (κ1) is 12.6. The van der Waals surface area contributed by atoms with Crippen LogP contribution in [0.25, 0.3) is 11.1 Å². The van der Waals surface area contributed by atoms with Crippen molar-refractivity contribution in [1.82, 2.24) is 0 Å². The zero-order chi connectivity index (χ0) is 12.8. The standard InChI is InChI=1S/C16H17OSi/c1-3-18(4-2)17-16-13-9-8-12-15(16)14-10-6-5-7-11-14/h3,5-13H,1,4H2,2H3. The second-order valence-electron chi connectivity index (χ2n) is 3.99. The first-order valence-corrected chi connectivity index (χ1v) is 7.85. The van der Waals surface area contributed by atoms with Crippen LogP contribution in [0, 0.1) is 0 Å². The van der Waals surface area contributed by atoms with Crippen molar-refractivity contribution in [3.8, 4) is 16.9 Å². The Morgan fingerprint density at radius 1 is 1.06 bits per heavy atom.